The zero-order valence-electron chi connectivity index (χ0n) is 11.3. The van der Waals surface area contributed by atoms with Crippen LogP contribution in [0.15, 0.2) is 29.4 Å². The van der Waals surface area contributed by atoms with Gasteiger partial charge < -0.3 is 10.7 Å². The van der Waals surface area contributed by atoms with Crippen LogP contribution in [0.1, 0.15) is 11.4 Å². The summed E-state index contributed by atoms with van der Waals surface area (Å²) in [7, 11) is 0.607. The summed E-state index contributed by atoms with van der Waals surface area (Å²) in [6, 6.07) is 7.31. The topological polar surface area (TPSA) is 89.6 Å². The summed E-state index contributed by atoms with van der Waals surface area (Å²) in [5.41, 5.74) is 9.77. The number of aryl methyl sites for hydroxylation is 2. The molecular formula is C13H15N5OS. The van der Waals surface area contributed by atoms with Gasteiger partial charge in [-0.3, -0.25) is 8.89 Å². The second-order valence-corrected chi connectivity index (χ2v) is 6.08. The Morgan fingerprint density at radius 1 is 1.40 bits per heavy atom. The van der Waals surface area contributed by atoms with Gasteiger partial charge in [0.1, 0.15) is 0 Å². The van der Waals surface area contributed by atoms with Crippen molar-refractivity contribution in [1.82, 2.24) is 19.7 Å². The second kappa shape index (κ2) is 4.75. The van der Waals surface area contributed by atoms with Crippen molar-refractivity contribution in [2.75, 3.05) is 5.73 Å². The summed E-state index contributed by atoms with van der Waals surface area (Å²) < 4.78 is 14.1. The minimum absolute atomic E-state index is 0.382. The van der Waals surface area contributed by atoms with Crippen LogP contribution in [0.4, 0.5) is 5.69 Å². The standard InChI is InChI=1S/C13H15N5OS/c1-8-5-10(18(2)17-8)7-20(19)13-15-11-4-3-9(14)6-12(11)16-13/h3-6H,7,14H2,1-2H3,(H,15,16). The van der Waals surface area contributed by atoms with Crippen LogP contribution in [-0.2, 0) is 23.6 Å². The molecule has 1 aromatic carbocycles. The molecule has 0 bridgehead atoms. The minimum Gasteiger partial charge on any atom is -0.399 e. The molecule has 0 amide bonds. The molecule has 20 heavy (non-hydrogen) atoms. The lowest BCUT2D eigenvalue weighted by molar-refractivity contribution is 0.671. The van der Waals surface area contributed by atoms with Crippen molar-refractivity contribution in [3.05, 3.63) is 35.7 Å². The molecule has 7 heteroatoms. The molecule has 2 aromatic heterocycles. The molecule has 0 aliphatic carbocycles. The van der Waals surface area contributed by atoms with E-state index >= 15 is 0 Å². The van der Waals surface area contributed by atoms with Gasteiger partial charge in [-0.15, -0.1) is 0 Å². The summed E-state index contributed by atoms with van der Waals surface area (Å²) in [4.78, 5) is 7.41. The summed E-state index contributed by atoms with van der Waals surface area (Å²) in [5, 5.41) is 4.71. The monoisotopic (exact) mass is 289 g/mol. The third-order valence-electron chi connectivity index (χ3n) is 3.08. The van der Waals surface area contributed by atoms with Gasteiger partial charge >= 0.3 is 0 Å². The average molecular weight is 289 g/mol. The Morgan fingerprint density at radius 3 is 2.90 bits per heavy atom. The van der Waals surface area contributed by atoms with Crippen LogP contribution in [0.3, 0.4) is 0 Å². The highest BCUT2D eigenvalue weighted by molar-refractivity contribution is 7.84. The van der Waals surface area contributed by atoms with E-state index in [9.17, 15) is 4.21 Å². The first-order valence-electron chi connectivity index (χ1n) is 6.16. The number of benzene rings is 1. The van der Waals surface area contributed by atoms with E-state index < -0.39 is 10.8 Å². The van der Waals surface area contributed by atoms with E-state index in [-0.39, 0.29) is 0 Å². The zero-order chi connectivity index (χ0) is 14.3. The van der Waals surface area contributed by atoms with E-state index in [1.807, 2.05) is 26.1 Å². The van der Waals surface area contributed by atoms with Crippen molar-refractivity contribution in [2.24, 2.45) is 7.05 Å². The molecule has 1 unspecified atom stereocenters. The molecule has 0 fully saturated rings. The maximum atomic E-state index is 12.4. The van der Waals surface area contributed by atoms with Crippen LogP contribution >= 0.6 is 0 Å². The third-order valence-corrected chi connectivity index (χ3v) is 4.26. The molecule has 1 atom stereocenters. The number of hydrogen-bond acceptors (Lipinski definition) is 4. The van der Waals surface area contributed by atoms with Crippen molar-refractivity contribution >= 4 is 27.5 Å². The Labute approximate surface area is 118 Å². The van der Waals surface area contributed by atoms with Gasteiger partial charge in [0.2, 0.25) is 0 Å². The quantitative estimate of drug-likeness (QED) is 0.715. The predicted octanol–water partition coefficient (Wildman–Crippen LogP) is 1.49. The van der Waals surface area contributed by atoms with E-state index in [0.717, 1.165) is 22.4 Å². The number of nitrogens with one attached hydrogen (secondary N) is 1. The molecule has 2 heterocycles. The SMILES string of the molecule is Cc1cc(CS(=O)c2nc3ccc(N)cc3[nH]2)n(C)n1. The maximum Gasteiger partial charge on any atom is 0.197 e. The molecule has 0 aliphatic heterocycles. The normalized spacial score (nSPS) is 12.9. The Hall–Kier alpha value is -2.15. The van der Waals surface area contributed by atoms with Crippen LogP contribution in [0.5, 0.6) is 0 Å². The molecule has 0 radical (unpaired) electrons. The fourth-order valence-corrected chi connectivity index (χ4v) is 3.21. The van der Waals surface area contributed by atoms with Gasteiger partial charge in [-0.1, -0.05) is 0 Å². The Kier molecular flexibility index (Phi) is 3.06. The third kappa shape index (κ3) is 2.32. The first-order valence-corrected chi connectivity index (χ1v) is 7.48. The highest BCUT2D eigenvalue weighted by Crippen LogP contribution is 2.18. The second-order valence-electron chi connectivity index (χ2n) is 4.71. The number of nitrogen functional groups attached to an aromatic ring is 1. The number of aromatic amines is 1. The van der Waals surface area contributed by atoms with Crippen LogP contribution < -0.4 is 5.73 Å². The number of fused-ring (bicyclic) bond motifs is 1. The smallest absolute Gasteiger partial charge is 0.197 e. The Morgan fingerprint density at radius 2 is 2.20 bits per heavy atom. The number of aromatic nitrogens is 4. The van der Waals surface area contributed by atoms with Crippen LogP contribution in [0.25, 0.3) is 11.0 Å². The van der Waals surface area contributed by atoms with Crippen molar-refractivity contribution in [3.63, 3.8) is 0 Å². The molecule has 0 saturated heterocycles. The minimum atomic E-state index is -1.24. The van der Waals surface area contributed by atoms with E-state index in [2.05, 4.69) is 15.1 Å². The Bertz CT molecular complexity index is 804. The lowest BCUT2D eigenvalue weighted by atomic mass is 10.3. The zero-order valence-corrected chi connectivity index (χ0v) is 12.1. The number of nitrogens with two attached hydrogens (primary N) is 1. The van der Waals surface area contributed by atoms with Gasteiger partial charge in [-0.25, -0.2) is 4.98 Å². The molecule has 0 aliphatic rings. The molecule has 0 saturated carbocycles. The van der Waals surface area contributed by atoms with Crippen LogP contribution in [0, 0.1) is 6.92 Å². The summed E-state index contributed by atoms with van der Waals surface area (Å²) >= 11 is 0. The van der Waals surface area contributed by atoms with E-state index in [1.165, 1.54) is 0 Å². The van der Waals surface area contributed by atoms with Crippen molar-refractivity contribution in [2.45, 2.75) is 17.8 Å². The highest BCUT2D eigenvalue weighted by atomic mass is 32.2. The number of imidazole rings is 1. The molecule has 0 spiro atoms. The number of nitrogens with zero attached hydrogens (tertiary/aromatic N) is 3. The van der Waals surface area contributed by atoms with Crippen molar-refractivity contribution in [1.29, 1.82) is 0 Å². The summed E-state index contributed by atoms with van der Waals surface area (Å²) in [5.74, 6) is 0.382. The predicted molar refractivity (Wildman–Crippen MR) is 78.6 cm³/mol. The Balaban J connectivity index is 1.90. The maximum absolute atomic E-state index is 12.4. The molecule has 3 rings (SSSR count). The number of H-pyrrole nitrogens is 1. The van der Waals surface area contributed by atoms with E-state index in [4.69, 9.17) is 5.73 Å². The van der Waals surface area contributed by atoms with Crippen LogP contribution in [-0.4, -0.2) is 24.0 Å². The largest absolute Gasteiger partial charge is 0.399 e. The first-order chi connectivity index (χ1) is 9.52. The molecule has 3 N–H and O–H groups in total. The number of hydrogen-bond donors (Lipinski definition) is 2. The lowest BCUT2D eigenvalue weighted by Crippen LogP contribution is -2.04. The molecule has 6 nitrogen and oxygen atoms in total. The fourth-order valence-electron chi connectivity index (χ4n) is 2.11. The van der Waals surface area contributed by atoms with Crippen molar-refractivity contribution in [3.8, 4) is 0 Å². The van der Waals surface area contributed by atoms with Gasteiger partial charge in [-0.05, 0) is 31.2 Å². The summed E-state index contributed by atoms with van der Waals surface area (Å²) in [6.07, 6.45) is 0. The van der Waals surface area contributed by atoms with Gasteiger partial charge in [0.05, 0.1) is 39.0 Å². The molecule has 104 valence electrons. The lowest BCUT2D eigenvalue weighted by Gasteiger charge is -1.99. The van der Waals surface area contributed by atoms with E-state index in [0.29, 0.717) is 16.6 Å². The van der Waals surface area contributed by atoms with Gasteiger partial charge in [-0.2, -0.15) is 5.10 Å². The van der Waals surface area contributed by atoms with Gasteiger partial charge in [0.25, 0.3) is 0 Å². The molecular weight excluding hydrogens is 274 g/mol. The average Bonchev–Trinajstić information content (AvgIpc) is 2.92. The highest BCUT2D eigenvalue weighted by Gasteiger charge is 2.13. The first kappa shape index (κ1) is 12.9. The van der Waals surface area contributed by atoms with Crippen LogP contribution in [0.2, 0.25) is 0 Å². The van der Waals surface area contributed by atoms with Gasteiger partial charge in [0, 0.05) is 12.7 Å². The molecule has 3 aromatic rings. The number of anilines is 1. The fraction of sp³-hybridized carbons (Fsp3) is 0.231. The van der Waals surface area contributed by atoms with E-state index in [1.54, 1.807) is 16.8 Å². The number of rotatable bonds is 3. The summed E-state index contributed by atoms with van der Waals surface area (Å²) in [6.45, 7) is 1.91. The van der Waals surface area contributed by atoms with Crippen molar-refractivity contribution < 1.29 is 4.21 Å². The van der Waals surface area contributed by atoms with Gasteiger partial charge in [0.15, 0.2) is 5.16 Å².